The fourth-order valence-corrected chi connectivity index (χ4v) is 5.03. The van der Waals surface area contributed by atoms with Gasteiger partial charge < -0.3 is 11.1 Å². The molecule has 1 heterocycles. The lowest BCUT2D eigenvalue weighted by molar-refractivity contribution is -0.127. The smallest absolute Gasteiger partial charge is 0.223 e. The van der Waals surface area contributed by atoms with Gasteiger partial charge in [-0.3, -0.25) is 4.79 Å². The summed E-state index contributed by atoms with van der Waals surface area (Å²) < 4.78 is 23.4. The van der Waals surface area contributed by atoms with Gasteiger partial charge in [0.2, 0.25) is 5.91 Å². The highest BCUT2D eigenvalue weighted by molar-refractivity contribution is 7.92. The van der Waals surface area contributed by atoms with Gasteiger partial charge in [-0.05, 0) is 38.1 Å². The summed E-state index contributed by atoms with van der Waals surface area (Å²) in [6.07, 6.45) is 5.49. The SMILES string of the molecule is NCC1CCCCC1C(=O)NCC1CCCS1(=O)=O. The second-order valence-corrected chi connectivity index (χ2v) is 8.16. The van der Waals surface area contributed by atoms with Gasteiger partial charge in [-0.2, -0.15) is 0 Å². The topological polar surface area (TPSA) is 89.3 Å². The van der Waals surface area contributed by atoms with Crippen molar-refractivity contribution in [2.75, 3.05) is 18.8 Å². The third-order valence-corrected chi connectivity index (χ3v) is 6.79. The van der Waals surface area contributed by atoms with E-state index in [-0.39, 0.29) is 35.3 Å². The Balaban J connectivity index is 1.87. The number of sulfone groups is 1. The van der Waals surface area contributed by atoms with Crippen molar-refractivity contribution in [2.24, 2.45) is 17.6 Å². The molecule has 1 aliphatic heterocycles. The van der Waals surface area contributed by atoms with E-state index in [0.717, 1.165) is 32.1 Å². The summed E-state index contributed by atoms with van der Waals surface area (Å²) in [5.74, 6) is 0.497. The number of rotatable bonds is 4. The van der Waals surface area contributed by atoms with Crippen molar-refractivity contribution >= 4 is 15.7 Å². The number of nitrogens with one attached hydrogen (secondary N) is 1. The van der Waals surface area contributed by atoms with E-state index in [1.54, 1.807) is 0 Å². The predicted molar refractivity (Wildman–Crippen MR) is 74.3 cm³/mol. The van der Waals surface area contributed by atoms with Crippen molar-refractivity contribution in [2.45, 2.75) is 43.8 Å². The first-order valence-electron chi connectivity index (χ1n) is 7.24. The molecular formula is C13H24N2O3S. The highest BCUT2D eigenvalue weighted by atomic mass is 32.2. The van der Waals surface area contributed by atoms with Crippen molar-refractivity contribution in [1.29, 1.82) is 0 Å². The van der Waals surface area contributed by atoms with Crippen LogP contribution in [0, 0.1) is 11.8 Å². The fraction of sp³-hybridized carbons (Fsp3) is 0.923. The molecule has 0 radical (unpaired) electrons. The molecule has 6 heteroatoms. The van der Waals surface area contributed by atoms with Gasteiger partial charge in [0.05, 0.1) is 11.0 Å². The maximum absolute atomic E-state index is 12.2. The van der Waals surface area contributed by atoms with Crippen molar-refractivity contribution in [3.05, 3.63) is 0 Å². The lowest BCUT2D eigenvalue weighted by atomic mass is 9.79. The third-order valence-electron chi connectivity index (χ3n) is 4.52. The first-order chi connectivity index (χ1) is 9.04. The summed E-state index contributed by atoms with van der Waals surface area (Å²) in [6, 6.07) is 0. The molecule has 1 saturated heterocycles. The summed E-state index contributed by atoms with van der Waals surface area (Å²) in [4.78, 5) is 12.2. The minimum Gasteiger partial charge on any atom is -0.355 e. The molecule has 3 atom stereocenters. The van der Waals surface area contributed by atoms with Gasteiger partial charge in [0.25, 0.3) is 0 Å². The van der Waals surface area contributed by atoms with Crippen LogP contribution in [0.5, 0.6) is 0 Å². The van der Waals surface area contributed by atoms with E-state index < -0.39 is 9.84 Å². The van der Waals surface area contributed by atoms with E-state index in [1.165, 1.54) is 0 Å². The number of hydrogen-bond donors (Lipinski definition) is 2. The first kappa shape index (κ1) is 14.8. The summed E-state index contributed by atoms with van der Waals surface area (Å²) in [7, 11) is -2.97. The lowest BCUT2D eigenvalue weighted by Crippen LogP contribution is -2.42. The standard InChI is InChI=1S/C13H24N2O3S/c14-8-10-4-1-2-6-12(10)13(16)15-9-11-5-3-7-19(11,17)18/h10-12H,1-9,14H2,(H,15,16). The van der Waals surface area contributed by atoms with Gasteiger partial charge in [-0.1, -0.05) is 12.8 Å². The molecule has 1 saturated carbocycles. The molecule has 2 rings (SSSR count). The Bertz CT molecular complexity index is 422. The highest BCUT2D eigenvalue weighted by Gasteiger charge is 2.34. The molecule has 2 fully saturated rings. The zero-order chi connectivity index (χ0) is 13.9. The van der Waals surface area contributed by atoms with Crippen LogP contribution in [0.3, 0.4) is 0 Å². The number of carbonyl (C=O) groups excluding carboxylic acids is 1. The van der Waals surface area contributed by atoms with E-state index in [4.69, 9.17) is 5.73 Å². The van der Waals surface area contributed by atoms with Crippen LogP contribution in [0.4, 0.5) is 0 Å². The molecule has 0 bridgehead atoms. The van der Waals surface area contributed by atoms with Crippen LogP contribution >= 0.6 is 0 Å². The molecule has 1 aliphatic carbocycles. The van der Waals surface area contributed by atoms with E-state index in [9.17, 15) is 13.2 Å². The Morgan fingerprint density at radius 1 is 1.16 bits per heavy atom. The highest BCUT2D eigenvalue weighted by Crippen LogP contribution is 2.29. The number of carbonyl (C=O) groups is 1. The van der Waals surface area contributed by atoms with Gasteiger partial charge >= 0.3 is 0 Å². The largest absolute Gasteiger partial charge is 0.355 e. The molecule has 3 N–H and O–H groups in total. The molecule has 5 nitrogen and oxygen atoms in total. The zero-order valence-electron chi connectivity index (χ0n) is 11.3. The van der Waals surface area contributed by atoms with Crippen molar-refractivity contribution in [1.82, 2.24) is 5.32 Å². The molecule has 0 aromatic carbocycles. The number of hydrogen-bond acceptors (Lipinski definition) is 4. The molecule has 0 aromatic heterocycles. The first-order valence-corrected chi connectivity index (χ1v) is 8.95. The molecule has 2 aliphatic rings. The number of nitrogens with two attached hydrogens (primary N) is 1. The van der Waals surface area contributed by atoms with Crippen LogP contribution in [-0.4, -0.2) is 38.4 Å². The normalized spacial score (nSPS) is 34.1. The minimum absolute atomic E-state index is 0.00255. The Morgan fingerprint density at radius 3 is 2.53 bits per heavy atom. The van der Waals surface area contributed by atoms with Crippen molar-refractivity contribution in [3.8, 4) is 0 Å². The molecule has 0 aromatic rings. The van der Waals surface area contributed by atoms with E-state index in [2.05, 4.69) is 5.32 Å². The summed E-state index contributed by atoms with van der Waals surface area (Å²) in [5, 5.41) is 2.46. The van der Waals surface area contributed by atoms with Crippen LogP contribution in [0.1, 0.15) is 38.5 Å². The summed E-state index contributed by atoms with van der Waals surface area (Å²) in [5.41, 5.74) is 5.72. The van der Waals surface area contributed by atoms with Crippen LogP contribution in [0.15, 0.2) is 0 Å². The Kier molecular flexibility index (Phi) is 4.84. The molecule has 110 valence electrons. The zero-order valence-corrected chi connectivity index (χ0v) is 12.1. The van der Waals surface area contributed by atoms with Crippen molar-refractivity contribution < 1.29 is 13.2 Å². The van der Waals surface area contributed by atoms with Crippen LogP contribution in [-0.2, 0) is 14.6 Å². The maximum Gasteiger partial charge on any atom is 0.223 e. The second-order valence-electron chi connectivity index (χ2n) is 5.76. The lowest BCUT2D eigenvalue weighted by Gasteiger charge is -2.29. The van der Waals surface area contributed by atoms with Gasteiger partial charge in [0.1, 0.15) is 0 Å². The van der Waals surface area contributed by atoms with E-state index in [1.807, 2.05) is 0 Å². The summed E-state index contributed by atoms with van der Waals surface area (Å²) in [6.45, 7) is 0.814. The average Bonchev–Trinajstić information content (AvgIpc) is 2.75. The molecular weight excluding hydrogens is 264 g/mol. The molecule has 0 spiro atoms. The van der Waals surface area contributed by atoms with Crippen LogP contribution < -0.4 is 11.1 Å². The predicted octanol–water partition coefficient (Wildman–Crippen LogP) is 0.445. The average molecular weight is 288 g/mol. The second kappa shape index (κ2) is 6.22. The van der Waals surface area contributed by atoms with E-state index >= 15 is 0 Å². The van der Waals surface area contributed by atoms with Crippen LogP contribution in [0.2, 0.25) is 0 Å². The molecule has 3 unspecified atom stereocenters. The van der Waals surface area contributed by atoms with Gasteiger partial charge in [0, 0.05) is 12.5 Å². The monoisotopic (exact) mass is 288 g/mol. The quantitative estimate of drug-likeness (QED) is 0.786. The number of amides is 1. The molecule has 1 amide bonds. The van der Waals surface area contributed by atoms with Crippen LogP contribution in [0.25, 0.3) is 0 Å². The third kappa shape index (κ3) is 3.48. The Hall–Kier alpha value is -0.620. The van der Waals surface area contributed by atoms with Gasteiger partial charge in [-0.15, -0.1) is 0 Å². The van der Waals surface area contributed by atoms with Crippen molar-refractivity contribution in [3.63, 3.8) is 0 Å². The van der Waals surface area contributed by atoms with Gasteiger partial charge in [0.15, 0.2) is 9.84 Å². The fourth-order valence-electron chi connectivity index (χ4n) is 3.27. The molecule has 19 heavy (non-hydrogen) atoms. The maximum atomic E-state index is 12.2. The Morgan fingerprint density at radius 2 is 1.89 bits per heavy atom. The minimum atomic E-state index is -2.97. The Labute approximate surface area is 115 Å². The summed E-state index contributed by atoms with van der Waals surface area (Å²) >= 11 is 0. The van der Waals surface area contributed by atoms with E-state index in [0.29, 0.717) is 13.0 Å². The van der Waals surface area contributed by atoms with Gasteiger partial charge in [-0.25, -0.2) is 8.42 Å².